The van der Waals surface area contributed by atoms with Gasteiger partial charge in [0.15, 0.2) is 0 Å². The van der Waals surface area contributed by atoms with E-state index in [0.29, 0.717) is 5.69 Å². The summed E-state index contributed by atoms with van der Waals surface area (Å²) in [7, 11) is -5.50. The third-order valence-corrected chi connectivity index (χ3v) is 2.92. The van der Waals surface area contributed by atoms with Gasteiger partial charge < -0.3 is 5.32 Å². The van der Waals surface area contributed by atoms with E-state index in [1.165, 1.54) is 12.1 Å². The molecular formula is C9H9F3N2O3S. The highest BCUT2D eigenvalue weighted by atomic mass is 32.2. The van der Waals surface area contributed by atoms with Crippen molar-refractivity contribution in [2.24, 2.45) is 0 Å². The zero-order valence-corrected chi connectivity index (χ0v) is 9.68. The number of halogens is 3. The van der Waals surface area contributed by atoms with Crippen molar-refractivity contribution >= 4 is 21.6 Å². The molecule has 1 aromatic carbocycles. The molecule has 2 N–H and O–H groups in total. The molecule has 1 rings (SSSR count). The Bertz CT molecular complexity index is 514. The lowest BCUT2D eigenvalue weighted by atomic mass is 10.3. The van der Waals surface area contributed by atoms with E-state index in [0.717, 1.165) is 4.72 Å². The summed E-state index contributed by atoms with van der Waals surface area (Å²) in [5.41, 5.74) is -5.08. The van der Waals surface area contributed by atoms with Gasteiger partial charge in [0.1, 0.15) is 0 Å². The zero-order chi connectivity index (χ0) is 13.8. The fraction of sp³-hybridized carbons (Fsp3) is 0.222. The molecule has 0 heterocycles. The minimum atomic E-state index is -5.50. The van der Waals surface area contributed by atoms with E-state index in [-0.39, 0.29) is 0 Å². The number of hydrogen-bond acceptors (Lipinski definition) is 3. The first kappa shape index (κ1) is 14.5. The number of para-hydroxylation sites is 1. The summed E-state index contributed by atoms with van der Waals surface area (Å²) in [6, 6.07) is 7.92. The quantitative estimate of drug-likeness (QED) is 0.867. The first-order chi connectivity index (χ1) is 8.22. The van der Waals surface area contributed by atoms with Crippen LogP contribution in [0.5, 0.6) is 0 Å². The summed E-state index contributed by atoms with van der Waals surface area (Å²) < 4.78 is 58.1. The lowest BCUT2D eigenvalue weighted by molar-refractivity contribution is -0.115. The molecule has 0 bridgehead atoms. The fourth-order valence-electron chi connectivity index (χ4n) is 0.969. The average Bonchev–Trinajstić information content (AvgIpc) is 2.26. The Balaban J connectivity index is 2.53. The summed E-state index contributed by atoms with van der Waals surface area (Å²) in [5.74, 6) is -0.894. The molecule has 100 valence electrons. The maximum atomic E-state index is 11.9. The molecule has 0 aliphatic carbocycles. The molecule has 0 fully saturated rings. The third kappa shape index (κ3) is 4.00. The van der Waals surface area contributed by atoms with Crippen LogP contribution >= 0.6 is 0 Å². The lowest BCUT2D eigenvalue weighted by Gasteiger charge is -2.09. The number of carbonyl (C=O) groups is 1. The standard InChI is InChI=1S/C9H9F3N2O3S/c10-9(11,12)18(16,17)13-6-8(15)14-7-4-2-1-3-5-7/h1-5,13H,6H2,(H,14,15). The van der Waals surface area contributed by atoms with Gasteiger partial charge in [-0.15, -0.1) is 0 Å². The molecule has 9 heteroatoms. The number of alkyl halides is 3. The van der Waals surface area contributed by atoms with E-state index in [9.17, 15) is 26.4 Å². The maximum Gasteiger partial charge on any atom is 0.511 e. The molecule has 0 unspecified atom stereocenters. The van der Waals surface area contributed by atoms with Crippen LogP contribution in [0.4, 0.5) is 18.9 Å². The Morgan fingerprint density at radius 1 is 1.17 bits per heavy atom. The Labute approximate surface area is 101 Å². The van der Waals surface area contributed by atoms with Crippen molar-refractivity contribution in [1.29, 1.82) is 0 Å². The molecule has 0 aromatic heterocycles. The largest absolute Gasteiger partial charge is 0.511 e. The van der Waals surface area contributed by atoms with Crippen molar-refractivity contribution in [3.8, 4) is 0 Å². The van der Waals surface area contributed by atoms with Gasteiger partial charge in [-0.1, -0.05) is 18.2 Å². The Kier molecular flexibility index (Phi) is 4.30. The van der Waals surface area contributed by atoms with Crippen molar-refractivity contribution in [3.05, 3.63) is 30.3 Å². The SMILES string of the molecule is O=C(CNS(=O)(=O)C(F)(F)F)Nc1ccccc1. The second-order valence-electron chi connectivity index (χ2n) is 3.18. The second kappa shape index (κ2) is 5.36. The van der Waals surface area contributed by atoms with Crippen LogP contribution in [-0.2, 0) is 14.8 Å². The first-order valence-corrected chi connectivity index (χ1v) is 6.11. The van der Waals surface area contributed by atoms with Gasteiger partial charge in [0.05, 0.1) is 6.54 Å². The highest BCUT2D eigenvalue weighted by molar-refractivity contribution is 7.90. The molecule has 0 atom stereocenters. The predicted molar refractivity (Wildman–Crippen MR) is 58.0 cm³/mol. The summed E-state index contributed by atoms with van der Waals surface area (Å²) >= 11 is 0. The summed E-state index contributed by atoms with van der Waals surface area (Å²) in [4.78, 5) is 11.2. The van der Waals surface area contributed by atoms with E-state index >= 15 is 0 Å². The number of amides is 1. The number of hydrogen-bond donors (Lipinski definition) is 2. The Morgan fingerprint density at radius 2 is 1.72 bits per heavy atom. The monoisotopic (exact) mass is 282 g/mol. The number of anilines is 1. The van der Waals surface area contributed by atoms with Crippen LogP contribution in [0.15, 0.2) is 30.3 Å². The van der Waals surface area contributed by atoms with Gasteiger partial charge in [-0.05, 0) is 12.1 Å². The first-order valence-electron chi connectivity index (χ1n) is 4.63. The van der Waals surface area contributed by atoms with Crippen LogP contribution in [0, 0.1) is 0 Å². The normalized spacial score (nSPS) is 12.2. The molecule has 0 saturated carbocycles. The topological polar surface area (TPSA) is 75.3 Å². The summed E-state index contributed by atoms with van der Waals surface area (Å²) in [5, 5.41) is 2.23. The zero-order valence-electron chi connectivity index (χ0n) is 8.86. The van der Waals surface area contributed by atoms with Crippen LogP contribution < -0.4 is 10.0 Å². The molecule has 0 aliphatic heterocycles. The van der Waals surface area contributed by atoms with Crippen LogP contribution in [0.25, 0.3) is 0 Å². The predicted octanol–water partition coefficient (Wildman–Crippen LogP) is 1.06. The van der Waals surface area contributed by atoms with E-state index in [2.05, 4.69) is 5.32 Å². The Morgan fingerprint density at radius 3 is 2.22 bits per heavy atom. The van der Waals surface area contributed by atoms with Gasteiger partial charge in [-0.2, -0.15) is 17.9 Å². The minimum absolute atomic E-state index is 0.355. The van der Waals surface area contributed by atoms with Crippen molar-refractivity contribution in [2.45, 2.75) is 5.51 Å². The van der Waals surface area contributed by atoms with Gasteiger partial charge in [0.25, 0.3) is 0 Å². The maximum absolute atomic E-state index is 11.9. The van der Waals surface area contributed by atoms with Crippen molar-refractivity contribution in [1.82, 2.24) is 4.72 Å². The number of nitrogens with one attached hydrogen (secondary N) is 2. The molecule has 0 aliphatic rings. The van der Waals surface area contributed by atoms with Gasteiger partial charge in [-0.25, -0.2) is 8.42 Å². The van der Waals surface area contributed by atoms with Crippen LogP contribution in [-0.4, -0.2) is 26.4 Å². The minimum Gasteiger partial charge on any atom is -0.325 e. The smallest absolute Gasteiger partial charge is 0.325 e. The van der Waals surface area contributed by atoms with Crippen molar-refractivity contribution in [3.63, 3.8) is 0 Å². The van der Waals surface area contributed by atoms with E-state index in [1.54, 1.807) is 18.2 Å². The van der Waals surface area contributed by atoms with Gasteiger partial charge in [0.2, 0.25) is 5.91 Å². The number of rotatable bonds is 4. The highest BCUT2D eigenvalue weighted by Gasteiger charge is 2.45. The molecular weight excluding hydrogens is 273 g/mol. The molecule has 0 saturated heterocycles. The van der Waals surface area contributed by atoms with Crippen LogP contribution in [0.3, 0.4) is 0 Å². The molecule has 1 aromatic rings. The van der Waals surface area contributed by atoms with E-state index < -0.39 is 28.0 Å². The van der Waals surface area contributed by atoms with Crippen molar-refractivity contribution in [2.75, 3.05) is 11.9 Å². The molecule has 0 spiro atoms. The molecule has 18 heavy (non-hydrogen) atoms. The number of benzene rings is 1. The molecule has 5 nitrogen and oxygen atoms in total. The summed E-state index contributed by atoms with van der Waals surface area (Å²) in [6.07, 6.45) is 0. The van der Waals surface area contributed by atoms with E-state index in [4.69, 9.17) is 0 Å². The van der Waals surface area contributed by atoms with Crippen LogP contribution in [0.1, 0.15) is 0 Å². The van der Waals surface area contributed by atoms with Crippen LogP contribution in [0.2, 0.25) is 0 Å². The Hall–Kier alpha value is -1.61. The lowest BCUT2D eigenvalue weighted by Crippen LogP contribution is -2.40. The highest BCUT2D eigenvalue weighted by Crippen LogP contribution is 2.21. The number of carbonyl (C=O) groups excluding carboxylic acids is 1. The number of sulfonamides is 1. The second-order valence-corrected chi connectivity index (χ2v) is 4.94. The van der Waals surface area contributed by atoms with Gasteiger partial charge >= 0.3 is 15.5 Å². The molecule has 0 radical (unpaired) electrons. The summed E-state index contributed by atoms with van der Waals surface area (Å²) in [6.45, 7) is -0.989. The van der Waals surface area contributed by atoms with Gasteiger partial charge in [-0.3, -0.25) is 4.79 Å². The average molecular weight is 282 g/mol. The van der Waals surface area contributed by atoms with E-state index in [1.807, 2.05) is 0 Å². The molecule has 1 amide bonds. The fourth-order valence-corrected chi connectivity index (χ4v) is 1.45. The van der Waals surface area contributed by atoms with Crippen molar-refractivity contribution < 1.29 is 26.4 Å². The third-order valence-electron chi connectivity index (χ3n) is 1.79. The van der Waals surface area contributed by atoms with Gasteiger partial charge in [0, 0.05) is 5.69 Å².